The Hall–Kier alpha value is -3.42. The summed E-state index contributed by atoms with van der Waals surface area (Å²) in [6, 6.07) is 16.2. The molecule has 1 N–H and O–H groups in total. The highest BCUT2D eigenvalue weighted by Gasteiger charge is 2.13. The predicted molar refractivity (Wildman–Crippen MR) is 149 cm³/mol. The van der Waals surface area contributed by atoms with Crippen molar-refractivity contribution in [2.24, 2.45) is 0 Å². The zero-order chi connectivity index (χ0) is 25.3. The second kappa shape index (κ2) is 12.7. The fraction of sp³-hybridized carbons (Fsp3) is 0.400. The minimum Gasteiger partial charge on any atom is -0.493 e. The normalized spacial score (nSPS) is 17.2. The number of fused-ring (bicyclic) bond motifs is 7. The van der Waals surface area contributed by atoms with Crippen LogP contribution in [0.15, 0.2) is 66.9 Å². The van der Waals surface area contributed by atoms with E-state index in [1.807, 2.05) is 36.4 Å². The van der Waals surface area contributed by atoms with E-state index in [0.717, 1.165) is 60.1 Å². The lowest BCUT2D eigenvalue weighted by Crippen LogP contribution is -2.33. The maximum absolute atomic E-state index is 6.31. The first kappa shape index (κ1) is 25.2. The van der Waals surface area contributed by atoms with Crippen molar-refractivity contribution in [2.75, 3.05) is 51.8 Å². The van der Waals surface area contributed by atoms with E-state index < -0.39 is 0 Å². The number of aromatic nitrogens is 2. The molecule has 1 aromatic heterocycles. The number of nitrogens with zero attached hydrogens (tertiary/aromatic N) is 4. The number of anilines is 2. The third-order valence-corrected chi connectivity index (χ3v) is 6.79. The summed E-state index contributed by atoms with van der Waals surface area (Å²) in [5.74, 6) is 2.34. The number of piperidine rings is 1. The van der Waals surface area contributed by atoms with Crippen LogP contribution < -0.4 is 14.8 Å². The molecule has 37 heavy (non-hydrogen) atoms. The lowest BCUT2D eigenvalue weighted by Gasteiger charge is -2.26. The van der Waals surface area contributed by atoms with Gasteiger partial charge in [0.25, 0.3) is 0 Å². The lowest BCUT2D eigenvalue weighted by molar-refractivity contribution is 0.182. The van der Waals surface area contributed by atoms with Crippen molar-refractivity contribution in [3.8, 4) is 22.8 Å². The molecule has 0 unspecified atom stereocenters. The van der Waals surface area contributed by atoms with Crippen LogP contribution in [0, 0.1) is 0 Å². The van der Waals surface area contributed by atoms with Crippen LogP contribution in [0.1, 0.15) is 31.2 Å². The molecule has 2 aliphatic rings. The Morgan fingerprint density at radius 1 is 1.03 bits per heavy atom. The largest absolute Gasteiger partial charge is 0.493 e. The van der Waals surface area contributed by atoms with Crippen molar-refractivity contribution in [1.82, 2.24) is 19.8 Å². The number of hydrogen-bond donors (Lipinski definition) is 1. The van der Waals surface area contributed by atoms with Crippen LogP contribution in [-0.4, -0.2) is 66.2 Å². The van der Waals surface area contributed by atoms with Gasteiger partial charge in [0.15, 0.2) is 0 Å². The molecule has 0 atom stereocenters. The molecule has 0 saturated carbocycles. The number of likely N-dealkylation sites (tertiary alicyclic amines) is 1. The van der Waals surface area contributed by atoms with E-state index in [9.17, 15) is 0 Å². The van der Waals surface area contributed by atoms with Gasteiger partial charge in [-0.1, -0.05) is 30.7 Å². The highest BCUT2D eigenvalue weighted by molar-refractivity contribution is 5.64. The van der Waals surface area contributed by atoms with E-state index in [2.05, 4.69) is 51.4 Å². The maximum atomic E-state index is 6.31. The molecule has 1 saturated heterocycles. The van der Waals surface area contributed by atoms with E-state index in [4.69, 9.17) is 14.5 Å². The fourth-order valence-corrected chi connectivity index (χ4v) is 4.82. The van der Waals surface area contributed by atoms with Gasteiger partial charge in [0.05, 0.1) is 12.3 Å². The fourth-order valence-electron chi connectivity index (χ4n) is 4.82. The van der Waals surface area contributed by atoms with Crippen LogP contribution in [0.2, 0.25) is 0 Å². The number of hydrogen-bond acceptors (Lipinski definition) is 7. The predicted octanol–water partition coefficient (Wildman–Crippen LogP) is 5.52. The SMILES string of the molecule is CN1CC=CCCOc2cccc(c2)-c2ccnc(n2)Nc2ccc(OCCN3CCCCC3)c(c2)C1. The van der Waals surface area contributed by atoms with Gasteiger partial charge in [0.1, 0.15) is 18.1 Å². The summed E-state index contributed by atoms with van der Waals surface area (Å²) in [5.41, 5.74) is 3.94. The number of ether oxygens (including phenoxy) is 2. The first-order valence-corrected chi connectivity index (χ1v) is 13.4. The molecule has 1 fully saturated rings. The van der Waals surface area contributed by atoms with Gasteiger partial charge in [-0.05, 0) is 75.8 Å². The van der Waals surface area contributed by atoms with E-state index in [0.29, 0.717) is 19.2 Å². The Bertz CT molecular complexity index is 1190. The smallest absolute Gasteiger partial charge is 0.227 e. The van der Waals surface area contributed by atoms with Crippen LogP contribution in [-0.2, 0) is 6.54 Å². The molecular formula is C30H37N5O2. The molecule has 0 aliphatic carbocycles. The van der Waals surface area contributed by atoms with E-state index >= 15 is 0 Å². The van der Waals surface area contributed by atoms with Gasteiger partial charge < -0.3 is 14.8 Å². The van der Waals surface area contributed by atoms with E-state index in [-0.39, 0.29) is 0 Å². The molecular weight excluding hydrogens is 462 g/mol. The standard InChI is InChI=1S/C30H37N5O2/c1-34-15-4-3-7-19-36-27-10-8-9-24(22-27)28-13-14-31-30(33-28)32-26-11-12-29(25(21-26)23-34)37-20-18-35-16-5-2-6-17-35/h3-4,8-14,21-22H,2,5-7,15-20,23H2,1H3,(H,31,32,33). The van der Waals surface area contributed by atoms with Gasteiger partial charge in [-0.2, -0.15) is 0 Å². The monoisotopic (exact) mass is 499 g/mol. The maximum Gasteiger partial charge on any atom is 0.227 e. The van der Waals surface area contributed by atoms with Crippen molar-refractivity contribution in [3.63, 3.8) is 0 Å². The van der Waals surface area contributed by atoms with Crippen LogP contribution in [0.3, 0.4) is 0 Å². The van der Waals surface area contributed by atoms with Gasteiger partial charge >= 0.3 is 0 Å². The number of nitrogens with one attached hydrogen (secondary N) is 1. The number of likely N-dealkylation sites (N-methyl/N-ethyl adjacent to an activating group) is 1. The first-order valence-electron chi connectivity index (χ1n) is 13.4. The van der Waals surface area contributed by atoms with Crippen LogP contribution in [0.5, 0.6) is 11.5 Å². The molecule has 7 heteroatoms. The summed E-state index contributed by atoms with van der Waals surface area (Å²) in [6.45, 7) is 6.31. The summed E-state index contributed by atoms with van der Waals surface area (Å²) in [4.78, 5) is 14.0. The first-order chi connectivity index (χ1) is 18.2. The summed E-state index contributed by atoms with van der Waals surface area (Å²) >= 11 is 0. The van der Waals surface area contributed by atoms with E-state index in [1.54, 1.807) is 6.20 Å². The van der Waals surface area contributed by atoms with Crippen molar-refractivity contribution in [3.05, 3.63) is 72.4 Å². The molecule has 6 bridgehead atoms. The highest BCUT2D eigenvalue weighted by Crippen LogP contribution is 2.27. The lowest BCUT2D eigenvalue weighted by atomic mass is 10.1. The number of benzene rings is 2. The minimum absolute atomic E-state index is 0.561. The molecule has 0 spiro atoms. The Morgan fingerprint density at radius 3 is 2.86 bits per heavy atom. The van der Waals surface area contributed by atoms with Crippen molar-refractivity contribution >= 4 is 11.6 Å². The van der Waals surface area contributed by atoms with Gasteiger partial charge in [0, 0.05) is 42.6 Å². The average molecular weight is 500 g/mol. The Labute approximate surface area is 220 Å². The van der Waals surface area contributed by atoms with Crippen LogP contribution >= 0.6 is 0 Å². The molecule has 3 heterocycles. The molecule has 3 aromatic rings. The summed E-state index contributed by atoms with van der Waals surface area (Å²) in [6.07, 6.45) is 11.0. The Morgan fingerprint density at radius 2 is 1.95 bits per heavy atom. The Kier molecular flexibility index (Phi) is 8.66. The van der Waals surface area contributed by atoms with Crippen LogP contribution in [0.25, 0.3) is 11.3 Å². The van der Waals surface area contributed by atoms with Gasteiger partial charge in [-0.25, -0.2) is 9.97 Å². The summed E-state index contributed by atoms with van der Waals surface area (Å²) < 4.78 is 12.3. The zero-order valence-electron chi connectivity index (χ0n) is 21.7. The Balaban J connectivity index is 1.38. The molecule has 2 aromatic carbocycles. The molecule has 5 rings (SSSR count). The second-order valence-electron chi connectivity index (χ2n) is 9.80. The molecule has 0 radical (unpaired) electrons. The molecule has 2 aliphatic heterocycles. The topological polar surface area (TPSA) is 62.8 Å². The molecule has 194 valence electrons. The van der Waals surface area contributed by atoms with Gasteiger partial charge in [-0.3, -0.25) is 9.80 Å². The highest BCUT2D eigenvalue weighted by atomic mass is 16.5. The van der Waals surface area contributed by atoms with Gasteiger partial charge in [0.2, 0.25) is 5.95 Å². The van der Waals surface area contributed by atoms with Gasteiger partial charge in [-0.15, -0.1) is 0 Å². The van der Waals surface area contributed by atoms with Crippen LogP contribution in [0.4, 0.5) is 11.6 Å². The third kappa shape index (κ3) is 7.31. The quantitative estimate of drug-likeness (QED) is 0.474. The van der Waals surface area contributed by atoms with Crippen molar-refractivity contribution in [2.45, 2.75) is 32.2 Å². The molecule has 7 nitrogen and oxygen atoms in total. The third-order valence-electron chi connectivity index (χ3n) is 6.79. The summed E-state index contributed by atoms with van der Waals surface area (Å²) in [7, 11) is 2.13. The number of rotatable bonds is 4. The van der Waals surface area contributed by atoms with Crippen molar-refractivity contribution in [1.29, 1.82) is 0 Å². The summed E-state index contributed by atoms with van der Waals surface area (Å²) in [5, 5.41) is 3.40. The average Bonchev–Trinajstić information content (AvgIpc) is 2.92. The second-order valence-corrected chi connectivity index (χ2v) is 9.80. The van der Waals surface area contributed by atoms with E-state index in [1.165, 1.54) is 32.4 Å². The molecule has 0 amide bonds. The zero-order valence-corrected chi connectivity index (χ0v) is 21.7. The van der Waals surface area contributed by atoms with Crippen molar-refractivity contribution < 1.29 is 9.47 Å². The minimum atomic E-state index is 0.561.